The fourth-order valence-electron chi connectivity index (χ4n) is 3.51. The Kier molecular flexibility index (Phi) is 7.08. The molecule has 1 amide bonds. The quantitative estimate of drug-likeness (QED) is 0.612. The lowest BCUT2D eigenvalue weighted by molar-refractivity contribution is -0.136. The monoisotopic (exact) mass is 442 g/mol. The van der Waals surface area contributed by atoms with Crippen molar-refractivity contribution in [2.75, 3.05) is 13.2 Å². The molecule has 0 aliphatic heterocycles. The van der Waals surface area contributed by atoms with Crippen molar-refractivity contribution in [3.63, 3.8) is 0 Å². The SMILES string of the molecule is O=C(NCc1c(Cl)cc(Cl)cc1CO)C1(F)CCC(OCCO)c2ncccc21. The van der Waals surface area contributed by atoms with E-state index in [0.717, 1.165) is 0 Å². The second-order valence-corrected chi connectivity index (χ2v) is 7.57. The zero-order valence-corrected chi connectivity index (χ0v) is 17.0. The molecule has 3 N–H and O–H groups in total. The van der Waals surface area contributed by atoms with Gasteiger partial charge in [0.25, 0.3) is 5.91 Å². The third kappa shape index (κ3) is 4.54. The summed E-state index contributed by atoms with van der Waals surface area (Å²) in [5.41, 5.74) is -0.844. The first-order valence-electron chi connectivity index (χ1n) is 9.13. The second-order valence-electron chi connectivity index (χ2n) is 6.73. The average Bonchev–Trinajstić information content (AvgIpc) is 2.72. The molecule has 2 atom stereocenters. The number of aromatic nitrogens is 1. The Morgan fingerprint density at radius 3 is 2.90 bits per heavy atom. The summed E-state index contributed by atoms with van der Waals surface area (Å²) >= 11 is 12.1. The Morgan fingerprint density at radius 1 is 1.38 bits per heavy atom. The molecular formula is C20H21Cl2FN2O4. The van der Waals surface area contributed by atoms with Gasteiger partial charge in [-0.2, -0.15) is 0 Å². The molecule has 0 saturated carbocycles. The maximum Gasteiger partial charge on any atom is 0.262 e. The molecule has 2 unspecified atom stereocenters. The van der Waals surface area contributed by atoms with Crippen LogP contribution in [0.1, 0.15) is 41.3 Å². The van der Waals surface area contributed by atoms with E-state index in [-0.39, 0.29) is 49.8 Å². The van der Waals surface area contributed by atoms with E-state index in [1.54, 1.807) is 12.1 Å². The smallest absolute Gasteiger partial charge is 0.262 e. The minimum Gasteiger partial charge on any atom is -0.394 e. The van der Waals surface area contributed by atoms with E-state index in [4.69, 9.17) is 33.0 Å². The number of hydrogen-bond donors (Lipinski definition) is 3. The van der Waals surface area contributed by atoms with Gasteiger partial charge in [0, 0.05) is 28.4 Å². The number of aliphatic hydroxyl groups excluding tert-OH is 2. The number of ether oxygens (including phenoxy) is 1. The summed E-state index contributed by atoms with van der Waals surface area (Å²) in [6.45, 7) is -0.431. The minimum atomic E-state index is -2.28. The van der Waals surface area contributed by atoms with E-state index < -0.39 is 17.7 Å². The standard InChI is InChI=1S/C20H21Cl2FN2O4/c21-13-8-12(11-27)14(16(22)9-13)10-25-19(28)20(23)4-3-17(29-7-6-26)18-15(20)2-1-5-24-18/h1-2,5,8-9,17,26-27H,3-4,6-7,10-11H2,(H,25,28). The lowest BCUT2D eigenvalue weighted by Gasteiger charge is -2.34. The van der Waals surface area contributed by atoms with E-state index in [0.29, 0.717) is 21.8 Å². The molecule has 1 aromatic heterocycles. The van der Waals surface area contributed by atoms with E-state index in [2.05, 4.69) is 10.3 Å². The molecule has 9 heteroatoms. The van der Waals surface area contributed by atoms with Gasteiger partial charge in [0.15, 0.2) is 0 Å². The fraction of sp³-hybridized carbons (Fsp3) is 0.400. The molecule has 29 heavy (non-hydrogen) atoms. The van der Waals surface area contributed by atoms with Gasteiger partial charge in [-0.15, -0.1) is 0 Å². The molecule has 0 radical (unpaired) electrons. The Morgan fingerprint density at radius 2 is 2.17 bits per heavy atom. The van der Waals surface area contributed by atoms with Crippen molar-refractivity contribution in [3.05, 3.63) is 62.9 Å². The third-order valence-corrected chi connectivity index (χ3v) is 5.50. The maximum atomic E-state index is 15.8. The summed E-state index contributed by atoms with van der Waals surface area (Å²) in [6.07, 6.45) is 1.19. The van der Waals surface area contributed by atoms with Crippen molar-refractivity contribution in [2.45, 2.75) is 37.8 Å². The van der Waals surface area contributed by atoms with Crippen LogP contribution in [0.15, 0.2) is 30.5 Å². The van der Waals surface area contributed by atoms with Crippen LogP contribution in [0.25, 0.3) is 0 Å². The van der Waals surface area contributed by atoms with E-state index in [9.17, 15) is 9.90 Å². The zero-order valence-electron chi connectivity index (χ0n) is 15.5. The van der Waals surface area contributed by atoms with E-state index >= 15 is 4.39 Å². The summed E-state index contributed by atoms with van der Waals surface area (Å²) in [4.78, 5) is 17.0. The average molecular weight is 443 g/mol. The normalized spacial score (nSPS) is 20.9. The number of carbonyl (C=O) groups is 1. The largest absolute Gasteiger partial charge is 0.394 e. The molecule has 156 valence electrons. The number of carbonyl (C=O) groups excluding carboxylic acids is 1. The van der Waals surface area contributed by atoms with Gasteiger partial charge < -0.3 is 20.3 Å². The molecule has 0 saturated heterocycles. The maximum absolute atomic E-state index is 15.8. The lowest BCUT2D eigenvalue weighted by atomic mass is 9.80. The van der Waals surface area contributed by atoms with E-state index in [1.807, 2.05) is 0 Å². The van der Waals surface area contributed by atoms with Crippen LogP contribution in [0.4, 0.5) is 4.39 Å². The Labute approximate surface area is 177 Å². The first kappa shape index (κ1) is 21.9. The van der Waals surface area contributed by atoms with Gasteiger partial charge >= 0.3 is 0 Å². The number of benzene rings is 1. The van der Waals surface area contributed by atoms with E-state index in [1.165, 1.54) is 18.3 Å². The van der Waals surface area contributed by atoms with Crippen molar-refractivity contribution in [3.8, 4) is 0 Å². The molecule has 0 fully saturated rings. The van der Waals surface area contributed by atoms with Crippen molar-refractivity contribution in [1.82, 2.24) is 10.3 Å². The molecule has 1 aliphatic rings. The minimum absolute atomic E-state index is 0.0591. The number of aliphatic hydroxyl groups is 2. The number of alkyl halides is 1. The number of amides is 1. The molecule has 0 spiro atoms. The highest BCUT2D eigenvalue weighted by Crippen LogP contribution is 2.43. The van der Waals surface area contributed by atoms with Crippen LogP contribution in [0, 0.1) is 0 Å². The third-order valence-electron chi connectivity index (χ3n) is 4.94. The van der Waals surface area contributed by atoms with Gasteiger partial charge in [0.1, 0.15) is 6.10 Å². The number of nitrogens with one attached hydrogen (secondary N) is 1. The summed E-state index contributed by atoms with van der Waals surface area (Å²) in [7, 11) is 0. The Hall–Kier alpha value is -1.77. The highest BCUT2D eigenvalue weighted by molar-refractivity contribution is 6.35. The number of nitrogens with zero attached hydrogens (tertiary/aromatic N) is 1. The molecule has 2 aromatic rings. The highest BCUT2D eigenvalue weighted by atomic mass is 35.5. The van der Waals surface area contributed by atoms with Crippen molar-refractivity contribution in [1.29, 1.82) is 0 Å². The number of pyridine rings is 1. The Bertz CT molecular complexity index is 899. The van der Waals surface area contributed by atoms with Crippen LogP contribution in [-0.2, 0) is 28.4 Å². The number of halogens is 3. The predicted molar refractivity (Wildman–Crippen MR) is 106 cm³/mol. The molecule has 3 rings (SSSR count). The van der Waals surface area contributed by atoms with Crippen LogP contribution >= 0.6 is 23.2 Å². The highest BCUT2D eigenvalue weighted by Gasteiger charge is 2.47. The number of fused-ring (bicyclic) bond motifs is 1. The molecule has 1 aromatic carbocycles. The van der Waals surface area contributed by atoms with Gasteiger partial charge in [0.05, 0.1) is 25.5 Å². The molecule has 0 bridgehead atoms. The van der Waals surface area contributed by atoms with Crippen LogP contribution in [0.2, 0.25) is 10.0 Å². The lowest BCUT2D eigenvalue weighted by Crippen LogP contribution is -2.44. The van der Waals surface area contributed by atoms with Crippen LogP contribution in [-0.4, -0.2) is 34.3 Å². The van der Waals surface area contributed by atoms with Gasteiger partial charge in [-0.1, -0.05) is 29.3 Å². The summed E-state index contributed by atoms with van der Waals surface area (Å²) in [6, 6.07) is 6.13. The van der Waals surface area contributed by atoms with Gasteiger partial charge in [-0.3, -0.25) is 9.78 Å². The predicted octanol–water partition coefficient (Wildman–Crippen LogP) is 3.21. The van der Waals surface area contributed by atoms with Crippen molar-refractivity contribution < 1.29 is 24.1 Å². The number of hydrogen-bond acceptors (Lipinski definition) is 5. The number of rotatable bonds is 7. The van der Waals surface area contributed by atoms with Crippen molar-refractivity contribution in [2.24, 2.45) is 0 Å². The topological polar surface area (TPSA) is 91.7 Å². The van der Waals surface area contributed by atoms with Gasteiger partial charge in [-0.05, 0) is 42.2 Å². The van der Waals surface area contributed by atoms with Gasteiger partial charge in [0.2, 0.25) is 5.67 Å². The van der Waals surface area contributed by atoms with Gasteiger partial charge in [-0.25, -0.2) is 4.39 Å². The van der Waals surface area contributed by atoms with Crippen LogP contribution < -0.4 is 5.32 Å². The fourth-order valence-corrected chi connectivity index (χ4v) is 4.11. The molecule has 1 heterocycles. The summed E-state index contributed by atoms with van der Waals surface area (Å²) in [5, 5.41) is 21.7. The zero-order chi connectivity index (χ0) is 21.0. The summed E-state index contributed by atoms with van der Waals surface area (Å²) in [5.74, 6) is -0.817. The van der Waals surface area contributed by atoms with Crippen LogP contribution in [0.3, 0.4) is 0 Å². The molecule has 6 nitrogen and oxygen atoms in total. The second kappa shape index (κ2) is 9.36. The Balaban J connectivity index is 1.82. The summed E-state index contributed by atoms with van der Waals surface area (Å²) < 4.78 is 21.4. The van der Waals surface area contributed by atoms with Crippen LogP contribution in [0.5, 0.6) is 0 Å². The van der Waals surface area contributed by atoms with Crippen molar-refractivity contribution >= 4 is 29.1 Å². The first-order chi connectivity index (χ1) is 13.9. The molecular weight excluding hydrogens is 422 g/mol. The molecule has 1 aliphatic carbocycles. The first-order valence-corrected chi connectivity index (χ1v) is 9.89.